The van der Waals surface area contributed by atoms with Gasteiger partial charge in [0.2, 0.25) is 0 Å². The van der Waals surface area contributed by atoms with E-state index in [9.17, 15) is 0 Å². The summed E-state index contributed by atoms with van der Waals surface area (Å²) in [6, 6.07) is 5.54. The van der Waals surface area contributed by atoms with Crippen LogP contribution in [-0.2, 0) is 4.74 Å². The van der Waals surface area contributed by atoms with Crippen LogP contribution in [0.15, 0.2) is 18.2 Å². The first-order valence-electron chi connectivity index (χ1n) is 5.50. The Morgan fingerprint density at radius 2 is 2.12 bits per heavy atom. The molecule has 1 aromatic carbocycles. The van der Waals surface area contributed by atoms with Crippen LogP contribution in [0.2, 0.25) is 10.0 Å². The molecule has 0 fully saturated rings. The molecule has 0 bridgehead atoms. The van der Waals surface area contributed by atoms with Gasteiger partial charge in [-0.05, 0) is 24.0 Å². The van der Waals surface area contributed by atoms with Gasteiger partial charge in [-0.15, -0.1) is 0 Å². The smallest absolute Gasteiger partial charge is 0.0640 e. The van der Waals surface area contributed by atoms with E-state index >= 15 is 0 Å². The van der Waals surface area contributed by atoms with Gasteiger partial charge in [0.1, 0.15) is 0 Å². The minimum atomic E-state index is -0.0312. The highest BCUT2D eigenvalue weighted by Crippen LogP contribution is 2.33. The van der Waals surface area contributed by atoms with Crippen LogP contribution < -0.4 is 11.3 Å². The van der Waals surface area contributed by atoms with E-state index in [0.29, 0.717) is 22.6 Å². The Hall–Kier alpha value is -0.320. The fraction of sp³-hybridized carbons (Fsp3) is 0.500. The van der Waals surface area contributed by atoms with E-state index < -0.39 is 0 Å². The fourth-order valence-corrected chi connectivity index (χ4v) is 2.22. The lowest BCUT2D eigenvalue weighted by Gasteiger charge is -2.24. The third kappa shape index (κ3) is 3.83. The lowest BCUT2D eigenvalue weighted by Crippen LogP contribution is -2.33. The van der Waals surface area contributed by atoms with E-state index in [4.69, 9.17) is 33.8 Å². The Labute approximate surface area is 112 Å². The van der Waals surface area contributed by atoms with Crippen molar-refractivity contribution < 1.29 is 4.74 Å². The third-order valence-corrected chi connectivity index (χ3v) is 3.68. The van der Waals surface area contributed by atoms with E-state index in [-0.39, 0.29) is 6.04 Å². The molecule has 0 spiro atoms. The number of benzene rings is 1. The van der Waals surface area contributed by atoms with Crippen LogP contribution in [0, 0.1) is 5.92 Å². The molecule has 0 aromatic heterocycles. The van der Waals surface area contributed by atoms with E-state index in [1.807, 2.05) is 12.1 Å². The predicted molar refractivity (Wildman–Crippen MR) is 72.2 cm³/mol. The van der Waals surface area contributed by atoms with Crippen LogP contribution in [0.25, 0.3) is 0 Å². The Kier molecular flexibility index (Phi) is 6.23. The number of hydrogen-bond donors (Lipinski definition) is 2. The van der Waals surface area contributed by atoms with Crippen molar-refractivity contribution in [3.05, 3.63) is 33.8 Å². The molecule has 0 heterocycles. The van der Waals surface area contributed by atoms with Crippen LogP contribution >= 0.6 is 23.2 Å². The van der Waals surface area contributed by atoms with Gasteiger partial charge in [0, 0.05) is 13.7 Å². The van der Waals surface area contributed by atoms with Gasteiger partial charge in [-0.2, -0.15) is 0 Å². The average Bonchev–Trinajstić information content (AvgIpc) is 2.32. The first kappa shape index (κ1) is 14.7. The number of rotatable bonds is 6. The maximum Gasteiger partial charge on any atom is 0.0640 e. The van der Waals surface area contributed by atoms with Crippen LogP contribution in [0.4, 0.5) is 0 Å². The van der Waals surface area contributed by atoms with E-state index in [1.54, 1.807) is 13.2 Å². The lowest BCUT2D eigenvalue weighted by atomic mass is 9.92. The SMILES string of the molecule is COCCC(C)C(NN)c1cccc(Cl)c1Cl. The standard InChI is InChI=1S/C12H18Cl2N2O/c1-8(6-7-17-2)12(16-15)9-4-3-5-10(13)11(9)14/h3-5,8,12,16H,6-7,15H2,1-2H3. The second-order valence-corrected chi connectivity index (χ2v) is 4.83. The van der Waals surface area contributed by atoms with E-state index in [1.165, 1.54) is 0 Å². The second-order valence-electron chi connectivity index (χ2n) is 4.05. The van der Waals surface area contributed by atoms with Crippen molar-refractivity contribution in [1.82, 2.24) is 5.43 Å². The summed E-state index contributed by atoms with van der Waals surface area (Å²) in [5, 5.41) is 1.10. The van der Waals surface area contributed by atoms with Crippen molar-refractivity contribution in [3.8, 4) is 0 Å². The van der Waals surface area contributed by atoms with Crippen molar-refractivity contribution in [2.24, 2.45) is 11.8 Å². The Morgan fingerprint density at radius 3 is 2.71 bits per heavy atom. The molecule has 1 aromatic rings. The number of halogens is 2. The quantitative estimate of drug-likeness (QED) is 0.620. The van der Waals surface area contributed by atoms with Gasteiger partial charge >= 0.3 is 0 Å². The molecule has 17 heavy (non-hydrogen) atoms. The van der Waals surface area contributed by atoms with E-state index in [0.717, 1.165) is 12.0 Å². The van der Waals surface area contributed by atoms with Crippen LogP contribution in [0.3, 0.4) is 0 Å². The lowest BCUT2D eigenvalue weighted by molar-refractivity contribution is 0.170. The molecule has 0 aliphatic carbocycles. The zero-order chi connectivity index (χ0) is 12.8. The fourth-order valence-electron chi connectivity index (χ4n) is 1.79. The van der Waals surface area contributed by atoms with Gasteiger partial charge in [0.25, 0.3) is 0 Å². The molecule has 0 amide bonds. The maximum atomic E-state index is 6.19. The van der Waals surface area contributed by atoms with Crippen LogP contribution in [0.1, 0.15) is 24.9 Å². The summed E-state index contributed by atoms with van der Waals surface area (Å²) >= 11 is 12.2. The van der Waals surface area contributed by atoms with Crippen molar-refractivity contribution in [2.45, 2.75) is 19.4 Å². The zero-order valence-electron chi connectivity index (χ0n) is 10.0. The molecule has 0 radical (unpaired) electrons. The normalized spacial score (nSPS) is 14.6. The van der Waals surface area contributed by atoms with Gasteiger partial charge in [0.05, 0.1) is 16.1 Å². The number of nitrogens with one attached hydrogen (secondary N) is 1. The number of hydrogen-bond acceptors (Lipinski definition) is 3. The highest BCUT2D eigenvalue weighted by Gasteiger charge is 2.21. The Balaban J connectivity index is 2.89. The first-order chi connectivity index (χ1) is 8.11. The summed E-state index contributed by atoms with van der Waals surface area (Å²) < 4.78 is 5.07. The zero-order valence-corrected chi connectivity index (χ0v) is 11.6. The molecule has 0 aliphatic heterocycles. The van der Waals surface area contributed by atoms with Crippen molar-refractivity contribution >= 4 is 23.2 Å². The number of hydrazine groups is 1. The molecule has 0 saturated heterocycles. The van der Waals surface area contributed by atoms with Gasteiger partial charge < -0.3 is 4.74 Å². The third-order valence-electron chi connectivity index (χ3n) is 2.84. The Morgan fingerprint density at radius 1 is 1.41 bits per heavy atom. The summed E-state index contributed by atoms with van der Waals surface area (Å²) in [6.45, 7) is 2.79. The molecule has 0 saturated carbocycles. The molecule has 2 atom stereocenters. The number of nitrogens with two attached hydrogens (primary N) is 1. The molecule has 1 rings (SSSR count). The van der Waals surface area contributed by atoms with Gasteiger partial charge in [0.15, 0.2) is 0 Å². The average molecular weight is 277 g/mol. The van der Waals surface area contributed by atoms with E-state index in [2.05, 4.69) is 12.3 Å². The molecular weight excluding hydrogens is 259 g/mol. The first-order valence-corrected chi connectivity index (χ1v) is 6.26. The highest BCUT2D eigenvalue weighted by atomic mass is 35.5. The summed E-state index contributed by atoms with van der Waals surface area (Å²) in [5.74, 6) is 5.91. The summed E-state index contributed by atoms with van der Waals surface area (Å²) in [4.78, 5) is 0. The minimum absolute atomic E-state index is 0.0312. The topological polar surface area (TPSA) is 47.3 Å². The summed E-state index contributed by atoms with van der Waals surface area (Å²) in [5.41, 5.74) is 3.72. The maximum absolute atomic E-state index is 6.19. The van der Waals surface area contributed by atoms with Crippen LogP contribution in [0.5, 0.6) is 0 Å². The number of ether oxygens (including phenoxy) is 1. The largest absolute Gasteiger partial charge is 0.385 e. The van der Waals surface area contributed by atoms with Crippen molar-refractivity contribution in [2.75, 3.05) is 13.7 Å². The molecule has 96 valence electrons. The summed E-state index contributed by atoms with van der Waals surface area (Å²) in [6.07, 6.45) is 0.897. The van der Waals surface area contributed by atoms with Crippen molar-refractivity contribution in [1.29, 1.82) is 0 Å². The van der Waals surface area contributed by atoms with Crippen molar-refractivity contribution in [3.63, 3.8) is 0 Å². The monoisotopic (exact) mass is 276 g/mol. The minimum Gasteiger partial charge on any atom is -0.385 e. The van der Waals surface area contributed by atoms with Gasteiger partial charge in [-0.1, -0.05) is 42.3 Å². The predicted octanol–water partition coefficient (Wildman–Crippen LogP) is 3.17. The molecule has 3 N–H and O–H groups in total. The molecule has 5 heteroatoms. The van der Waals surface area contributed by atoms with Crippen LogP contribution in [-0.4, -0.2) is 13.7 Å². The molecule has 0 aliphatic rings. The van der Waals surface area contributed by atoms with Gasteiger partial charge in [-0.3, -0.25) is 11.3 Å². The molecular formula is C12H18Cl2N2O. The highest BCUT2D eigenvalue weighted by molar-refractivity contribution is 6.42. The molecule has 3 nitrogen and oxygen atoms in total. The second kappa shape index (κ2) is 7.19. The molecule has 2 unspecified atom stereocenters. The summed E-state index contributed by atoms with van der Waals surface area (Å²) in [7, 11) is 1.68. The number of methoxy groups -OCH3 is 1. The van der Waals surface area contributed by atoms with Gasteiger partial charge in [-0.25, -0.2) is 0 Å². The Bertz CT molecular complexity index is 360.